The van der Waals surface area contributed by atoms with Crippen molar-refractivity contribution in [3.8, 4) is 0 Å². The minimum atomic E-state index is -0.417. The predicted molar refractivity (Wildman–Crippen MR) is 101 cm³/mol. The van der Waals surface area contributed by atoms with E-state index in [2.05, 4.69) is 16.0 Å². The zero-order chi connectivity index (χ0) is 17.6. The van der Waals surface area contributed by atoms with Gasteiger partial charge in [-0.2, -0.15) is 0 Å². The molecular weight excluding hydrogens is 314 g/mol. The highest BCUT2D eigenvalue weighted by Crippen LogP contribution is 2.18. The Bertz CT molecular complexity index is 921. The van der Waals surface area contributed by atoms with Gasteiger partial charge in [0.15, 0.2) is 0 Å². The fourth-order valence-corrected chi connectivity index (χ4v) is 2.53. The minimum absolute atomic E-state index is 0.107. The second-order valence-electron chi connectivity index (χ2n) is 5.79. The van der Waals surface area contributed by atoms with E-state index in [0.717, 1.165) is 16.3 Å². The third-order valence-corrected chi connectivity index (χ3v) is 3.72. The number of hydrogen-bond acceptors (Lipinski definition) is 2. The van der Waals surface area contributed by atoms with Gasteiger partial charge >= 0.3 is 6.03 Å². The number of aryl methyl sites for hydroxylation is 1. The number of rotatable bonds is 4. The summed E-state index contributed by atoms with van der Waals surface area (Å²) in [4.78, 5) is 23.9. The number of hydrogen-bond donors (Lipinski definition) is 3. The largest absolute Gasteiger partial charge is 0.329 e. The van der Waals surface area contributed by atoms with Crippen LogP contribution in [0.4, 0.5) is 16.2 Å². The van der Waals surface area contributed by atoms with E-state index >= 15 is 0 Å². The lowest BCUT2D eigenvalue weighted by Gasteiger charge is -2.09. The average molecular weight is 333 g/mol. The second-order valence-corrected chi connectivity index (χ2v) is 5.79. The molecule has 0 radical (unpaired) electrons. The first-order valence-corrected chi connectivity index (χ1v) is 8.00. The van der Waals surface area contributed by atoms with Crippen LogP contribution in [0.5, 0.6) is 0 Å². The molecule has 0 aliphatic heterocycles. The fourth-order valence-electron chi connectivity index (χ4n) is 2.53. The fraction of sp³-hybridized carbons (Fsp3) is 0.100. The average Bonchev–Trinajstić information content (AvgIpc) is 2.60. The first-order valence-electron chi connectivity index (χ1n) is 8.00. The van der Waals surface area contributed by atoms with Crippen LogP contribution in [0.1, 0.15) is 5.56 Å². The van der Waals surface area contributed by atoms with E-state index < -0.39 is 6.03 Å². The van der Waals surface area contributed by atoms with Crippen LogP contribution in [0.25, 0.3) is 10.8 Å². The van der Waals surface area contributed by atoms with E-state index in [1.165, 1.54) is 0 Å². The van der Waals surface area contributed by atoms with Gasteiger partial charge in [0.1, 0.15) is 0 Å². The van der Waals surface area contributed by atoms with Crippen molar-refractivity contribution in [2.24, 2.45) is 0 Å². The molecule has 0 bridgehead atoms. The van der Waals surface area contributed by atoms with E-state index in [-0.39, 0.29) is 12.5 Å². The van der Waals surface area contributed by atoms with Gasteiger partial charge in [-0.25, -0.2) is 4.79 Å². The van der Waals surface area contributed by atoms with Crippen molar-refractivity contribution >= 4 is 34.1 Å². The molecule has 0 heterocycles. The summed E-state index contributed by atoms with van der Waals surface area (Å²) >= 11 is 0. The summed E-state index contributed by atoms with van der Waals surface area (Å²) in [7, 11) is 0. The SMILES string of the molecule is Cc1cccc(NC(=O)NCC(=O)Nc2ccc3ccccc3c2)c1. The van der Waals surface area contributed by atoms with Gasteiger partial charge < -0.3 is 16.0 Å². The quantitative estimate of drug-likeness (QED) is 0.677. The van der Waals surface area contributed by atoms with Crippen LogP contribution in [0.2, 0.25) is 0 Å². The highest BCUT2D eigenvalue weighted by atomic mass is 16.2. The highest BCUT2D eigenvalue weighted by molar-refractivity contribution is 5.98. The van der Waals surface area contributed by atoms with Gasteiger partial charge in [-0.1, -0.05) is 42.5 Å². The molecule has 0 aromatic heterocycles. The van der Waals surface area contributed by atoms with Crippen molar-refractivity contribution in [1.29, 1.82) is 0 Å². The Morgan fingerprint density at radius 1 is 0.800 bits per heavy atom. The van der Waals surface area contributed by atoms with Gasteiger partial charge in [0, 0.05) is 11.4 Å². The number of fused-ring (bicyclic) bond motifs is 1. The van der Waals surface area contributed by atoms with E-state index in [1.807, 2.05) is 67.6 Å². The monoisotopic (exact) mass is 333 g/mol. The minimum Gasteiger partial charge on any atom is -0.329 e. The number of nitrogens with one attached hydrogen (secondary N) is 3. The topological polar surface area (TPSA) is 70.2 Å². The third kappa shape index (κ3) is 4.57. The zero-order valence-corrected chi connectivity index (χ0v) is 13.9. The summed E-state index contributed by atoms with van der Waals surface area (Å²) in [6, 6.07) is 20.6. The van der Waals surface area contributed by atoms with Crippen LogP contribution < -0.4 is 16.0 Å². The molecule has 0 saturated heterocycles. The maximum absolute atomic E-state index is 12.0. The van der Waals surface area contributed by atoms with Crippen molar-refractivity contribution in [2.45, 2.75) is 6.92 Å². The van der Waals surface area contributed by atoms with Crippen LogP contribution in [-0.2, 0) is 4.79 Å². The molecule has 0 spiro atoms. The summed E-state index contributed by atoms with van der Waals surface area (Å²) in [5.41, 5.74) is 2.43. The molecule has 3 aromatic carbocycles. The van der Waals surface area contributed by atoms with Crippen molar-refractivity contribution in [2.75, 3.05) is 17.2 Å². The molecule has 3 amide bonds. The lowest BCUT2D eigenvalue weighted by molar-refractivity contribution is -0.115. The molecular formula is C20H19N3O2. The van der Waals surface area contributed by atoms with Crippen molar-refractivity contribution in [3.05, 3.63) is 72.3 Å². The van der Waals surface area contributed by atoms with Crippen molar-refractivity contribution < 1.29 is 9.59 Å². The third-order valence-electron chi connectivity index (χ3n) is 3.72. The standard InChI is InChI=1S/C20H19N3O2/c1-14-5-4-8-17(11-14)23-20(25)21-13-19(24)22-18-10-9-15-6-2-3-7-16(15)12-18/h2-12H,13H2,1H3,(H,22,24)(H2,21,23,25). The molecule has 3 rings (SSSR count). The number of anilines is 2. The number of carbonyl (C=O) groups excluding carboxylic acids is 2. The first kappa shape index (κ1) is 16.5. The number of carbonyl (C=O) groups is 2. The lowest BCUT2D eigenvalue weighted by Crippen LogP contribution is -2.35. The molecule has 0 atom stereocenters. The molecule has 0 aliphatic carbocycles. The Hall–Kier alpha value is -3.34. The molecule has 0 aliphatic rings. The molecule has 5 nitrogen and oxygen atoms in total. The Morgan fingerprint density at radius 3 is 2.36 bits per heavy atom. The molecule has 0 fully saturated rings. The van der Waals surface area contributed by atoms with Gasteiger partial charge in [-0.3, -0.25) is 4.79 Å². The van der Waals surface area contributed by atoms with E-state index in [0.29, 0.717) is 11.4 Å². The predicted octanol–water partition coefficient (Wildman–Crippen LogP) is 3.91. The smallest absolute Gasteiger partial charge is 0.319 e. The van der Waals surface area contributed by atoms with Gasteiger partial charge in [-0.15, -0.1) is 0 Å². The van der Waals surface area contributed by atoms with E-state index in [4.69, 9.17) is 0 Å². The Morgan fingerprint density at radius 2 is 1.56 bits per heavy atom. The molecule has 0 saturated carbocycles. The summed E-state index contributed by atoms with van der Waals surface area (Å²) in [5.74, 6) is -0.283. The first-order chi connectivity index (χ1) is 12.1. The maximum Gasteiger partial charge on any atom is 0.319 e. The van der Waals surface area contributed by atoms with Crippen LogP contribution in [-0.4, -0.2) is 18.5 Å². The highest BCUT2D eigenvalue weighted by Gasteiger charge is 2.06. The Labute approximate surface area is 146 Å². The normalized spacial score (nSPS) is 10.3. The molecule has 3 aromatic rings. The molecule has 126 valence electrons. The van der Waals surface area contributed by atoms with E-state index in [9.17, 15) is 9.59 Å². The van der Waals surface area contributed by atoms with Crippen LogP contribution in [0, 0.1) is 6.92 Å². The summed E-state index contributed by atoms with van der Waals surface area (Å²) in [6.07, 6.45) is 0. The van der Waals surface area contributed by atoms with E-state index in [1.54, 1.807) is 6.07 Å². The molecule has 25 heavy (non-hydrogen) atoms. The van der Waals surface area contributed by atoms with Gasteiger partial charge in [0.2, 0.25) is 5.91 Å². The zero-order valence-electron chi connectivity index (χ0n) is 13.9. The van der Waals surface area contributed by atoms with Crippen LogP contribution >= 0.6 is 0 Å². The number of urea groups is 1. The second kappa shape index (κ2) is 7.49. The van der Waals surface area contributed by atoms with Crippen molar-refractivity contribution in [3.63, 3.8) is 0 Å². The maximum atomic E-state index is 12.0. The number of amides is 3. The Balaban J connectivity index is 1.52. The van der Waals surface area contributed by atoms with Crippen LogP contribution in [0.15, 0.2) is 66.7 Å². The number of benzene rings is 3. The summed E-state index contributed by atoms with van der Waals surface area (Å²) in [6.45, 7) is 1.84. The molecule has 5 heteroatoms. The summed E-state index contributed by atoms with van der Waals surface area (Å²) < 4.78 is 0. The lowest BCUT2D eigenvalue weighted by atomic mass is 10.1. The Kier molecular flexibility index (Phi) is 4.95. The van der Waals surface area contributed by atoms with Gasteiger partial charge in [0.25, 0.3) is 0 Å². The molecule has 0 unspecified atom stereocenters. The van der Waals surface area contributed by atoms with Crippen molar-refractivity contribution in [1.82, 2.24) is 5.32 Å². The van der Waals surface area contributed by atoms with Gasteiger partial charge in [-0.05, 0) is 47.5 Å². The van der Waals surface area contributed by atoms with Gasteiger partial charge in [0.05, 0.1) is 6.54 Å². The summed E-state index contributed by atoms with van der Waals surface area (Å²) in [5, 5.41) is 10.2. The molecule has 3 N–H and O–H groups in total. The van der Waals surface area contributed by atoms with Crippen LogP contribution in [0.3, 0.4) is 0 Å².